The number of pyridine rings is 1. The molecule has 6 nitrogen and oxygen atoms in total. The number of amides is 1. The van der Waals surface area contributed by atoms with Crippen LogP contribution in [0.3, 0.4) is 0 Å². The second kappa shape index (κ2) is 9.43. The van der Waals surface area contributed by atoms with Crippen LogP contribution in [0, 0.1) is 6.92 Å². The minimum Gasteiger partial charge on any atom is -0.471 e. The first-order chi connectivity index (χ1) is 17.1. The second-order valence-electron chi connectivity index (χ2n) is 9.44. The zero-order valence-corrected chi connectivity index (χ0v) is 22.1. The largest absolute Gasteiger partial charge is 0.471 e. The van der Waals surface area contributed by atoms with Gasteiger partial charge in [-0.05, 0) is 68.8 Å². The van der Waals surface area contributed by atoms with Crippen LogP contribution in [0.25, 0.3) is 22.4 Å². The standard InChI is InChI=1S/C27H23Cl3N4O2/c1-14-10-22(34-33-14)25(35)31-23-13-27(2,3)36-26-20(23)12-18(15-4-6-16(28)7-5-15)24(32-26)19-11-17(29)8-9-21(19)30/h4-12,23H,13H2,1-3H3,(H,31,35)(H,33,34). The Balaban J connectivity index is 1.67. The van der Waals surface area contributed by atoms with Crippen molar-refractivity contribution in [1.82, 2.24) is 20.5 Å². The van der Waals surface area contributed by atoms with Gasteiger partial charge < -0.3 is 10.1 Å². The minimum absolute atomic E-state index is 0.275. The summed E-state index contributed by atoms with van der Waals surface area (Å²) in [6, 6.07) is 16.1. The molecular weight excluding hydrogens is 519 g/mol. The van der Waals surface area contributed by atoms with E-state index in [0.717, 1.165) is 22.4 Å². The summed E-state index contributed by atoms with van der Waals surface area (Å²) in [6.45, 7) is 5.78. The Morgan fingerprint density at radius 3 is 2.44 bits per heavy atom. The van der Waals surface area contributed by atoms with Crippen LogP contribution >= 0.6 is 34.8 Å². The SMILES string of the molecule is Cc1cc(C(=O)NC2CC(C)(C)Oc3nc(-c4cc(Cl)ccc4Cl)c(-c4ccc(Cl)cc4)cc32)n[nH]1. The van der Waals surface area contributed by atoms with Gasteiger partial charge in [-0.1, -0.05) is 46.9 Å². The summed E-state index contributed by atoms with van der Waals surface area (Å²) in [4.78, 5) is 18.0. The highest BCUT2D eigenvalue weighted by Gasteiger charge is 2.37. The Kier molecular flexibility index (Phi) is 6.45. The van der Waals surface area contributed by atoms with E-state index in [9.17, 15) is 4.79 Å². The Bertz CT molecular complexity index is 1460. The van der Waals surface area contributed by atoms with Crippen molar-refractivity contribution in [3.8, 4) is 28.3 Å². The summed E-state index contributed by atoms with van der Waals surface area (Å²) in [5.41, 5.74) is 4.32. The molecule has 0 saturated carbocycles. The number of aromatic amines is 1. The third kappa shape index (κ3) is 4.94. The summed E-state index contributed by atoms with van der Waals surface area (Å²) in [5.74, 6) is 0.154. The van der Waals surface area contributed by atoms with Crippen LogP contribution in [0.2, 0.25) is 15.1 Å². The molecule has 1 aliphatic rings. The van der Waals surface area contributed by atoms with Gasteiger partial charge in [0.25, 0.3) is 5.91 Å². The number of hydrogen-bond acceptors (Lipinski definition) is 4. The number of nitrogens with one attached hydrogen (secondary N) is 2. The molecular formula is C27H23Cl3N4O2. The third-order valence-electron chi connectivity index (χ3n) is 6.04. The summed E-state index contributed by atoms with van der Waals surface area (Å²) < 4.78 is 6.30. The van der Waals surface area contributed by atoms with Crippen LogP contribution < -0.4 is 10.1 Å². The molecule has 2 aromatic carbocycles. The molecule has 0 fully saturated rings. The minimum atomic E-state index is -0.573. The fourth-order valence-electron chi connectivity index (χ4n) is 4.38. The number of ether oxygens (including phenoxy) is 1. The molecule has 0 radical (unpaired) electrons. The van der Waals surface area contributed by atoms with E-state index >= 15 is 0 Å². The van der Waals surface area contributed by atoms with Crippen molar-refractivity contribution in [2.24, 2.45) is 0 Å². The van der Waals surface area contributed by atoms with E-state index in [1.54, 1.807) is 24.3 Å². The molecule has 0 saturated heterocycles. The van der Waals surface area contributed by atoms with Crippen molar-refractivity contribution in [2.45, 2.75) is 38.8 Å². The zero-order valence-electron chi connectivity index (χ0n) is 19.8. The third-order valence-corrected chi connectivity index (χ3v) is 6.86. The lowest BCUT2D eigenvalue weighted by molar-refractivity contribution is 0.0571. The maximum absolute atomic E-state index is 13.0. The lowest BCUT2D eigenvalue weighted by atomic mass is 9.88. The predicted octanol–water partition coefficient (Wildman–Crippen LogP) is 7.44. The quantitative estimate of drug-likeness (QED) is 0.281. The molecule has 1 unspecified atom stereocenters. The highest BCUT2D eigenvalue weighted by atomic mass is 35.5. The lowest BCUT2D eigenvalue weighted by Gasteiger charge is -2.37. The number of H-pyrrole nitrogens is 1. The molecule has 0 aliphatic carbocycles. The highest BCUT2D eigenvalue weighted by Crippen LogP contribution is 2.45. The number of halogens is 3. The number of aryl methyl sites for hydroxylation is 1. The van der Waals surface area contributed by atoms with Crippen molar-refractivity contribution < 1.29 is 9.53 Å². The van der Waals surface area contributed by atoms with Gasteiger partial charge in [0.1, 0.15) is 11.3 Å². The van der Waals surface area contributed by atoms with Crippen molar-refractivity contribution in [2.75, 3.05) is 0 Å². The second-order valence-corrected chi connectivity index (χ2v) is 10.7. The Hall–Kier alpha value is -3.06. The predicted molar refractivity (Wildman–Crippen MR) is 143 cm³/mol. The number of hydrogen-bond donors (Lipinski definition) is 2. The molecule has 0 bridgehead atoms. The van der Waals surface area contributed by atoms with Crippen LogP contribution in [0.15, 0.2) is 54.6 Å². The monoisotopic (exact) mass is 540 g/mol. The maximum atomic E-state index is 13.0. The Labute approximate surface area is 224 Å². The zero-order chi connectivity index (χ0) is 25.6. The Morgan fingerprint density at radius 2 is 1.75 bits per heavy atom. The van der Waals surface area contributed by atoms with Crippen LogP contribution in [-0.4, -0.2) is 26.7 Å². The van der Waals surface area contributed by atoms with Crippen molar-refractivity contribution in [3.05, 3.63) is 86.6 Å². The number of rotatable bonds is 4. The van der Waals surface area contributed by atoms with Crippen LogP contribution in [0.1, 0.15) is 48.1 Å². The number of fused-ring (bicyclic) bond motifs is 1. The molecule has 9 heteroatoms. The molecule has 4 aromatic rings. The average molecular weight is 542 g/mol. The van der Waals surface area contributed by atoms with Gasteiger partial charge >= 0.3 is 0 Å². The van der Waals surface area contributed by atoms with Gasteiger partial charge in [0.15, 0.2) is 0 Å². The van der Waals surface area contributed by atoms with E-state index in [4.69, 9.17) is 44.5 Å². The van der Waals surface area contributed by atoms with Crippen LogP contribution in [0.5, 0.6) is 5.88 Å². The highest BCUT2D eigenvalue weighted by molar-refractivity contribution is 6.35. The number of aromatic nitrogens is 3. The number of nitrogens with zero attached hydrogens (tertiary/aromatic N) is 2. The van der Waals surface area contributed by atoms with Crippen LogP contribution in [-0.2, 0) is 0 Å². The molecule has 184 valence electrons. The molecule has 1 atom stereocenters. The smallest absolute Gasteiger partial charge is 0.272 e. The molecule has 3 heterocycles. The van der Waals surface area contributed by atoms with Crippen molar-refractivity contribution in [3.63, 3.8) is 0 Å². The van der Waals surface area contributed by atoms with E-state index in [0.29, 0.717) is 44.3 Å². The first-order valence-corrected chi connectivity index (χ1v) is 12.5. The molecule has 1 amide bonds. The summed E-state index contributed by atoms with van der Waals surface area (Å²) in [6.07, 6.45) is 0.550. The molecule has 5 rings (SSSR count). The maximum Gasteiger partial charge on any atom is 0.272 e. The van der Waals surface area contributed by atoms with E-state index in [1.807, 2.05) is 51.1 Å². The summed E-state index contributed by atoms with van der Waals surface area (Å²) in [5, 5.41) is 11.7. The first-order valence-electron chi connectivity index (χ1n) is 11.4. The summed E-state index contributed by atoms with van der Waals surface area (Å²) >= 11 is 19.1. The average Bonchev–Trinajstić information content (AvgIpc) is 3.26. The summed E-state index contributed by atoms with van der Waals surface area (Å²) in [7, 11) is 0. The molecule has 2 N–H and O–H groups in total. The molecule has 36 heavy (non-hydrogen) atoms. The van der Waals surface area contributed by atoms with Gasteiger partial charge in [0.2, 0.25) is 5.88 Å². The van der Waals surface area contributed by atoms with Crippen molar-refractivity contribution >= 4 is 40.7 Å². The molecule has 2 aromatic heterocycles. The topological polar surface area (TPSA) is 79.9 Å². The lowest BCUT2D eigenvalue weighted by Crippen LogP contribution is -2.41. The fraction of sp³-hybridized carbons (Fsp3) is 0.222. The van der Waals surface area contributed by atoms with Gasteiger partial charge in [-0.2, -0.15) is 5.10 Å². The van der Waals surface area contributed by atoms with E-state index in [1.165, 1.54) is 0 Å². The molecule has 0 spiro atoms. The van der Waals surface area contributed by atoms with Gasteiger partial charge in [-0.3, -0.25) is 9.89 Å². The number of carbonyl (C=O) groups excluding carboxylic acids is 1. The van der Waals surface area contributed by atoms with Crippen molar-refractivity contribution in [1.29, 1.82) is 0 Å². The molecule has 1 aliphatic heterocycles. The number of carbonyl (C=O) groups is 1. The van der Waals surface area contributed by atoms with Gasteiger partial charge in [0.05, 0.1) is 16.8 Å². The fourth-order valence-corrected chi connectivity index (χ4v) is 4.88. The Morgan fingerprint density at radius 1 is 1.03 bits per heavy atom. The van der Waals surface area contributed by atoms with Gasteiger partial charge in [-0.15, -0.1) is 0 Å². The van der Waals surface area contributed by atoms with E-state index in [-0.39, 0.29) is 11.9 Å². The van der Waals surface area contributed by atoms with E-state index < -0.39 is 5.60 Å². The van der Waals surface area contributed by atoms with Crippen LogP contribution in [0.4, 0.5) is 0 Å². The first kappa shape index (κ1) is 24.6. The number of benzene rings is 2. The van der Waals surface area contributed by atoms with Gasteiger partial charge in [0, 0.05) is 38.9 Å². The van der Waals surface area contributed by atoms with Gasteiger partial charge in [-0.25, -0.2) is 4.98 Å². The normalized spacial score (nSPS) is 16.2. The van der Waals surface area contributed by atoms with E-state index in [2.05, 4.69) is 15.5 Å².